The first-order chi connectivity index (χ1) is 9.43. The third-order valence-corrected chi connectivity index (χ3v) is 2.87. The van der Waals surface area contributed by atoms with Gasteiger partial charge in [0, 0.05) is 24.7 Å². The van der Waals surface area contributed by atoms with Gasteiger partial charge in [-0.15, -0.1) is 0 Å². The molecule has 1 aromatic carbocycles. The summed E-state index contributed by atoms with van der Waals surface area (Å²) in [6, 6.07) is 6.58. The molecule has 0 spiro atoms. The first-order valence-corrected chi connectivity index (χ1v) is 6.57. The van der Waals surface area contributed by atoms with Gasteiger partial charge in [-0.2, -0.15) is 0 Å². The molecule has 0 bridgehead atoms. The minimum Gasteiger partial charge on any atom is -0.465 e. The van der Waals surface area contributed by atoms with E-state index in [4.69, 9.17) is 4.74 Å². The van der Waals surface area contributed by atoms with Gasteiger partial charge in [-0.05, 0) is 26.3 Å². The normalized spacial score (nSPS) is 10.8. The first kappa shape index (κ1) is 16.1. The second kappa shape index (κ2) is 7.59. The van der Waals surface area contributed by atoms with Crippen LogP contribution in [0.2, 0.25) is 0 Å². The van der Waals surface area contributed by atoms with Gasteiger partial charge in [-0.1, -0.05) is 12.1 Å². The average Bonchev–Trinajstić information content (AvgIpc) is 2.38. The number of rotatable bonds is 7. The van der Waals surface area contributed by atoms with Crippen LogP contribution in [0.1, 0.15) is 26.3 Å². The lowest BCUT2D eigenvalue weighted by atomic mass is 10.1. The number of non-ortho nitro benzene ring substituents is 1. The molecule has 0 aromatic heterocycles. The van der Waals surface area contributed by atoms with Crippen LogP contribution in [0.3, 0.4) is 0 Å². The summed E-state index contributed by atoms with van der Waals surface area (Å²) >= 11 is 0. The van der Waals surface area contributed by atoms with Gasteiger partial charge in [0.15, 0.2) is 0 Å². The number of carbonyl (C=O) groups excluding carboxylic acids is 1. The second-order valence-corrected chi connectivity index (χ2v) is 4.73. The van der Waals surface area contributed by atoms with Crippen molar-refractivity contribution in [3.8, 4) is 0 Å². The minimum atomic E-state index is -0.422. The summed E-state index contributed by atoms with van der Waals surface area (Å²) in [6.45, 7) is 6.69. The van der Waals surface area contributed by atoms with E-state index in [2.05, 4.69) is 0 Å². The van der Waals surface area contributed by atoms with Crippen molar-refractivity contribution in [1.29, 1.82) is 0 Å². The van der Waals surface area contributed by atoms with E-state index in [0.29, 0.717) is 13.2 Å². The third-order valence-electron chi connectivity index (χ3n) is 2.87. The zero-order valence-corrected chi connectivity index (χ0v) is 12.0. The molecule has 1 rings (SSSR count). The van der Waals surface area contributed by atoms with Gasteiger partial charge in [-0.3, -0.25) is 19.8 Å². The Labute approximate surface area is 118 Å². The van der Waals surface area contributed by atoms with Crippen LogP contribution in [0.5, 0.6) is 0 Å². The molecule has 0 heterocycles. The van der Waals surface area contributed by atoms with Crippen LogP contribution in [0.25, 0.3) is 0 Å². The fourth-order valence-corrected chi connectivity index (χ4v) is 1.80. The number of nitrogens with zero attached hydrogens (tertiary/aromatic N) is 2. The number of esters is 1. The molecule has 20 heavy (non-hydrogen) atoms. The van der Waals surface area contributed by atoms with Crippen molar-refractivity contribution in [2.75, 3.05) is 13.2 Å². The number of hydrogen-bond acceptors (Lipinski definition) is 5. The Balaban J connectivity index is 2.77. The first-order valence-electron chi connectivity index (χ1n) is 6.57. The Morgan fingerprint density at radius 2 is 2.15 bits per heavy atom. The quantitative estimate of drug-likeness (QED) is 0.435. The van der Waals surface area contributed by atoms with Crippen LogP contribution in [0, 0.1) is 10.1 Å². The number of carbonyl (C=O) groups is 1. The molecule has 0 amide bonds. The van der Waals surface area contributed by atoms with Gasteiger partial charge in [-0.25, -0.2) is 0 Å². The molecule has 0 fully saturated rings. The molecule has 0 unspecified atom stereocenters. The van der Waals surface area contributed by atoms with E-state index in [1.54, 1.807) is 13.0 Å². The zero-order valence-electron chi connectivity index (χ0n) is 12.0. The van der Waals surface area contributed by atoms with Crippen LogP contribution < -0.4 is 0 Å². The van der Waals surface area contributed by atoms with Gasteiger partial charge in [0.25, 0.3) is 5.69 Å². The Bertz CT molecular complexity index is 474. The fraction of sp³-hybridized carbons (Fsp3) is 0.500. The zero-order chi connectivity index (χ0) is 15.1. The maximum Gasteiger partial charge on any atom is 0.320 e. The van der Waals surface area contributed by atoms with E-state index in [1.807, 2.05) is 24.8 Å². The number of nitro groups is 1. The molecule has 0 radical (unpaired) electrons. The molecule has 6 heteroatoms. The van der Waals surface area contributed by atoms with Gasteiger partial charge in [0.1, 0.15) is 0 Å². The van der Waals surface area contributed by atoms with E-state index in [-0.39, 0.29) is 24.2 Å². The molecule has 1 aromatic rings. The number of ether oxygens (including phenoxy) is 1. The van der Waals surface area contributed by atoms with E-state index >= 15 is 0 Å². The summed E-state index contributed by atoms with van der Waals surface area (Å²) in [7, 11) is 0. The molecule has 0 atom stereocenters. The highest BCUT2D eigenvalue weighted by Crippen LogP contribution is 2.15. The monoisotopic (exact) mass is 280 g/mol. The molecule has 0 aliphatic carbocycles. The van der Waals surface area contributed by atoms with E-state index < -0.39 is 4.92 Å². The predicted molar refractivity (Wildman–Crippen MR) is 75.3 cm³/mol. The van der Waals surface area contributed by atoms with E-state index in [9.17, 15) is 14.9 Å². The van der Waals surface area contributed by atoms with Crippen molar-refractivity contribution in [3.63, 3.8) is 0 Å². The highest BCUT2D eigenvalue weighted by molar-refractivity contribution is 5.71. The standard InChI is InChI=1S/C14H20N2O4/c1-4-20-14(17)10-15(11(2)3)9-12-6-5-7-13(8-12)16(18)19/h5-8,11H,4,9-10H2,1-3H3. The van der Waals surface area contributed by atoms with Crippen molar-refractivity contribution in [3.05, 3.63) is 39.9 Å². The summed E-state index contributed by atoms with van der Waals surface area (Å²) in [5.41, 5.74) is 0.861. The van der Waals surface area contributed by atoms with Gasteiger partial charge in [0.05, 0.1) is 18.1 Å². The minimum absolute atomic E-state index is 0.0577. The molecule has 0 aliphatic rings. The van der Waals surface area contributed by atoms with Crippen LogP contribution in [-0.2, 0) is 16.1 Å². The topological polar surface area (TPSA) is 72.7 Å². The fourth-order valence-electron chi connectivity index (χ4n) is 1.80. The maximum absolute atomic E-state index is 11.6. The Kier molecular flexibility index (Phi) is 6.11. The van der Waals surface area contributed by atoms with Gasteiger partial charge >= 0.3 is 5.97 Å². The van der Waals surface area contributed by atoms with Crippen molar-refractivity contribution in [2.45, 2.75) is 33.4 Å². The van der Waals surface area contributed by atoms with Crippen molar-refractivity contribution < 1.29 is 14.5 Å². The summed E-state index contributed by atoms with van der Waals surface area (Å²) in [5.74, 6) is -0.286. The van der Waals surface area contributed by atoms with Crippen molar-refractivity contribution >= 4 is 11.7 Å². The largest absolute Gasteiger partial charge is 0.465 e. The molecule has 0 saturated heterocycles. The molecule has 0 N–H and O–H groups in total. The smallest absolute Gasteiger partial charge is 0.320 e. The Morgan fingerprint density at radius 3 is 2.70 bits per heavy atom. The van der Waals surface area contributed by atoms with Crippen LogP contribution in [0.4, 0.5) is 5.69 Å². The second-order valence-electron chi connectivity index (χ2n) is 4.73. The lowest BCUT2D eigenvalue weighted by molar-refractivity contribution is -0.384. The molecule has 6 nitrogen and oxygen atoms in total. The lowest BCUT2D eigenvalue weighted by Crippen LogP contribution is -2.36. The molecule has 0 aliphatic heterocycles. The summed E-state index contributed by atoms with van der Waals surface area (Å²) in [6.07, 6.45) is 0. The van der Waals surface area contributed by atoms with Gasteiger partial charge in [0.2, 0.25) is 0 Å². The molecule has 110 valence electrons. The van der Waals surface area contributed by atoms with E-state index in [1.165, 1.54) is 12.1 Å². The number of hydrogen-bond donors (Lipinski definition) is 0. The Hall–Kier alpha value is -1.95. The van der Waals surface area contributed by atoms with Crippen molar-refractivity contribution in [2.24, 2.45) is 0 Å². The Morgan fingerprint density at radius 1 is 1.45 bits per heavy atom. The van der Waals surface area contributed by atoms with Crippen LogP contribution in [-0.4, -0.2) is 35.0 Å². The maximum atomic E-state index is 11.6. The summed E-state index contributed by atoms with van der Waals surface area (Å²) in [5, 5.41) is 10.8. The SMILES string of the molecule is CCOC(=O)CN(Cc1cccc([N+](=O)[O-])c1)C(C)C. The lowest BCUT2D eigenvalue weighted by Gasteiger charge is -2.25. The average molecular weight is 280 g/mol. The van der Waals surface area contributed by atoms with Crippen LogP contribution >= 0.6 is 0 Å². The molecular weight excluding hydrogens is 260 g/mol. The third kappa shape index (κ3) is 4.97. The molecular formula is C14H20N2O4. The summed E-state index contributed by atoms with van der Waals surface area (Å²) in [4.78, 5) is 23.8. The van der Waals surface area contributed by atoms with Crippen LogP contribution in [0.15, 0.2) is 24.3 Å². The number of benzene rings is 1. The van der Waals surface area contributed by atoms with E-state index in [0.717, 1.165) is 5.56 Å². The van der Waals surface area contributed by atoms with Gasteiger partial charge < -0.3 is 4.74 Å². The highest BCUT2D eigenvalue weighted by Gasteiger charge is 2.16. The summed E-state index contributed by atoms with van der Waals surface area (Å²) < 4.78 is 4.93. The number of nitro benzene ring substituents is 1. The van der Waals surface area contributed by atoms with Crippen molar-refractivity contribution in [1.82, 2.24) is 4.90 Å². The molecule has 0 saturated carbocycles. The predicted octanol–water partition coefficient (Wildman–Crippen LogP) is 2.37. The highest BCUT2D eigenvalue weighted by atomic mass is 16.6.